The third-order valence-corrected chi connectivity index (χ3v) is 7.43. The van der Waals surface area contributed by atoms with Crippen molar-refractivity contribution in [1.82, 2.24) is 9.97 Å². The minimum atomic E-state index is -0.304. The van der Waals surface area contributed by atoms with E-state index < -0.39 is 0 Å². The summed E-state index contributed by atoms with van der Waals surface area (Å²) in [6.45, 7) is 5.57. The standard InChI is InChI=1S/C34H36N10O2/c1-3-17-43-19-27(29(35)41-33(43)37)21-9-13-25(14-10-21)39-31(45)23-5-7-24(8-6-23)32(46)40-26-15-11-22(12-16-26)28-20-44(18-4-2)34(38)42-30(28)36/h5-16,19-20H,3-4,17-18H2,1-2H3,(H8,35,36,37,38,39,40,41,42,45,46)/p+2. The lowest BCUT2D eigenvalue weighted by atomic mass is 10.1. The van der Waals surface area contributed by atoms with E-state index in [0.29, 0.717) is 46.0 Å². The maximum atomic E-state index is 12.9. The molecular weight excluding hydrogens is 580 g/mol. The number of nitrogens with one attached hydrogen (secondary N) is 2. The predicted molar refractivity (Wildman–Crippen MR) is 180 cm³/mol. The number of aromatic nitrogens is 4. The van der Waals surface area contributed by atoms with Gasteiger partial charge in [0.15, 0.2) is 0 Å². The molecule has 234 valence electrons. The van der Waals surface area contributed by atoms with Crippen molar-refractivity contribution in [2.24, 2.45) is 0 Å². The van der Waals surface area contributed by atoms with Crippen molar-refractivity contribution >= 4 is 46.7 Å². The molecule has 0 unspecified atom stereocenters. The van der Waals surface area contributed by atoms with Gasteiger partial charge in [-0.1, -0.05) is 48.1 Å². The van der Waals surface area contributed by atoms with Gasteiger partial charge in [-0.05, 0) is 72.5 Å². The molecule has 0 aliphatic carbocycles. The quantitative estimate of drug-likeness (QED) is 0.126. The second kappa shape index (κ2) is 13.7. The number of carbonyl (C=O) groups is 2. The van der Waals surface area contributed by atoms with Crippen molar-refractivity contribution in [2.45, 2.75) is 39.8 Å². The lowest BCUT2D eigenvalue weighted by Gasteiger charge is -2.10. The van der Waals surface area contributed by atoms with Crippen LogP contribution in [-0.2, 0) is 13.1 Å². The summed E-state index contributed by atoms with van der Waals surface area (Å²) in [5.41, 5.74) is 29.5. The number of benzene rings is 3. The average molecular weight is 619 g/mol. The van der Waals surface area contributed by atoms with Crippen molar-refractivity contribution < 1.29 is 18.7 Å². The molecular formula is C34H38N10O2+2. The van der Waals surface area contributed by atoms with E-state index in [4.69, 9.17) is 22.9 Å². The number of nitrogen functional groups attached to an aromatic ring is 4. The summed E-state index contributed by atoms with van der Waals surface area (Å²) >= 11 is 0. The Morgan fingerprint density at radius 2 is 0.935 bits per heavy atom. The van der Waals surface area contributed by atoms with Gasteiger partial charge in [-0.3, -0.25) is 21.1 Å². The van der Waals surface area contributed by atoms with Crippen LogP contribution in [0.1, 0.15) is 47.4 Å². The number of amides is 2. The first kappa shape index (κ1) is 31.4. The highest BCUT2D eigenvalue weighted by atomic mass is 16.2. The Labute approximate surface area is 267 Å². The number of nitrogens with zero attached hydrogens (tertiary/aromatic N) is 4. The molecule has 0 bridgehead atoms. The van der Waals surface area contributed by atoms with E-state index in [1.165, 1.54) is 0 Å². The zero-order valence-electron chi connectivity index (χ0n) is 25.8. The number of nitrogens with two attached hydrogens (primary N) is 4. The van der Waals surface area contributed by atoms with Crippen LogP contribution in [0.3, 0.4) is 0 Å². The largest absolute Gasteiger partial charge is 0.391 e. The van der Waals surface area contributed by atoms with Gasteiger partial charge in [0.1, 0.15) is 0 Å². The Hall–Kier alpha value is -6.04. The summed E-state index contributed by atoms with van der Waals surface area (Å²) in [5.74, 6) is 0.794. The van der Waals surface area contributed by atoms with Gasteiger partial charge in [-0.15, -0.1) is 0 Å². The first-order valence-corrected chi connectivity index (χ1v) is 15.0. The SMILES string of the molecule is CCC[n+]1cc(-c2ccc(NC(=O)c3ccc(C(=O)Nc4ccc(-c5c[n+](CCC)c(N)nc5N)cc4)cc3)cc2)c(N)nc1N. The maximum absolute atomic E-state index is 12.9. The summed E-state index contributed by atoms with van der Waals surface area (Å²) in [6, 6.07) is 21.0. The van der Waals surface area contributed by atoms with Crippen molar-refractivity contribution in [1.29, 1.82) is 0 Å². The minimum Gasteiger partial charge on any atom is -0.369 e. The number of rotatable bonds is 10. The molecule has 0 spiro atoms. The second-order valence-electron chi connectivity index (χ2n) is 10.8. The Morgan fingerprint density at radius 3 is 1.26 bits per heavy atom. The lowest BCUT2D eigenvalue weighted by Crippen LogP contribution is -2.38. The van der Waals surface area contributed by atoms with Gasteiger partial charge in [-0.25, -0.2) is 9.13 Å². The molecule has 0 saturated heterocycles. The summed E-state index contributed by atoms with van der Waals surface area (Å²) in [4.78, 5) is 34.4. The zero-order chi connectivity index (χ0) is 32.8. The van der Waals surface area contributed by atoms with Gasteiger partial charge in [0.25, 0.3) is 11.8 Å². The number of hydrogen-bond donors (Lipinski definition) is 6. The molecule has 0 aliphatic heterocycles. The fourth-order valence-electron chi connectivity index (χ4n) is 5.00. The van der Waals surface area contributed by atoms with Crippen molar-refractivity contribution in [3.8, 4) is 22.3 Å². The van der Waals surface area contributed by atoms with Crippen LogP contribution in [0.15, 0.2) is 85.2 Å². The maximum Gasteiger partial charge on any atom is 0.391 e. The van der Waals surface area contributed by atoms with Crippen LogP contribution in [0, 0.1) is 0 Å². The molecule has 2 aromatic heterocycles. The summed E-state index contributed by atoms with van der Waals surface area (Å²) in [6.07, 6.45) is 5.59. The summed E-state index contributed by atoms with van der Waals surface area (Å²) in [5, 5.41) is 5.77. The van der Waals surface area contributed by atoms with Crippen LogP contribution >= 0.6 is 0 Å². The third-order valence-electron chi connectivity index (χ3n) is 7.43. The van der Waals surface area contributed by atoms with Gasteiger partial charge in [0.2, 0.25) is 11.6 Å². The molecule has 0 radical (unpaired) electrons. The van der Waals surface area contributed by atoms with Gasteiger partial charge < -0.3 is 22.1 Å². The highest BCUT2D eigenvalue weighted by molar-refractivity contribution is 6.07. The van der Waals surface area contributed by atoms with Gasteiger partial charge in [-0.2, -0.15) is 0 Å². The van der Waals surface area contributed by atoms with E-state index in [0.717, 1.165) is 48.2 Å². The third kappa shape index (κ3) is 7.02. The normalized spacial score (nSPS) is 10.8. The van der Waals surface area contributed by atoms with E-state index in [9.17, 15) is 9.59 Å². The highest BCUT2D eigenvalue weighted by Crippen LogP contribution is 2.27. The van der Waals surface area contributed by atoms with Crippen LogP contribution in [0.5, 0.6) is 0 Å². The smallest absolute Gasteiger partial charge is 0.369 e. The molecule has 2 heterocycles. The monoisotopic (exact) mass is 618 g/mol. The molecule has 5 aromatic rings. The molecule has 2 amide bonds. The van der Waals surface area contributed by atoms with Gasteiger partial charge >= 0.3 is 11.9 Å². The molecule has 10 N–H and O–H groups in total. The Bertz CT molecular complexity index is 1740. The Morgan fingerprint density at radius 1 is 0.587 bits per heavy atom. The summed E-state index contributed by atoms with van der Waals surface area (Å²) in [7, 11) is 0. The van der Waals surface area contributed by atoms with E-state index in [1.807, 2.05) is 45.8 Å². The first-order chi connectivity index (χ1) is 22.2. The number of aryl methyl sites for hydroxylation is 2. The molecule has 0 fully saturated rings. The average Bonchev–Trinajstić information content (AvgIpc) is 3.05. The fraction of sp³-hybridized carbons (Fsp3) is 0.176. The van der Waals surface area contributed by atoms with Crippen LogP contribution < -0.4 is 42.7 Å². The van der Waals surface area contributed by atoms with E-state index in [-0.39, 0.29) is 11.8 Å². The zero-order valence-corrected chi connectivity index (χ0v) is 25.8. The Kier molecular flexibility index (Phi) is 9.36. The number of carbonyl (C=O) groups excluding carboxylic acids is 2. The Balaban J connectivity index is 1.21. The highest BCUT2D eigenvalue weighted by Gasteiger charge is 2.17. The van der Waals surface area contributed by atoms with Crippen molar-refractivity contribution in [2.75, 3.05) is 33.6 Å². The molecule has 5 rings (SSSR count). The summed E-state index contributed by atoms with van der Waals surface area (Å²) < 4.78 is 3.72. The molecule has 0 aliphatic rings. The minimum absolute atomic E-state index is 0.304. The van der Waals surface area contributed by atoms with E-state index in [2.05, 4.69) is 34.4 Å². The molecule has 12 heteroatoms. The van der Waals surface area contributed by atoms with E-state index >= 15 is 0 Å². The predicted octanol–water partition coefficient (Wildman–Crippen LogP) is 4.04. The van der Waals surface area contributed by atoms with Crippen molar-refractivity contribution in [3.63, 3.8) is 0 Å². The van der Waals surface area contributed by atoms with Crippen LogP contribution in [0.2, 0.25) is 0 Å². The van der Waals surface area contributed by atoms with E-state index in [1.54, 1.807) is 48.5 Å². The molecule has 12 nitrogen and oxygen atoms in total. The lowest BCUT2D eigenvalue weighted by molar-refractivity contribution is -0.684. The van der Waals surface area contributed by atoms with Gasteiger partial charge in [0, 0.05) is 22.5 Å². The van der Waals surface area contributed by atoms with Crippen LogP contribution in [0.25, 0.3) is 22.3 Å². The molecule has 0 atom stereocenters. The van der Waals surface area contributed by atoms with Crippen LogP contribution in [-0.4, -0.2) is 21.8 Å². The fourth-order valence-corrected chi connectivity index (χ4v) is 5.00. The first-order valence-electron chi connectivity index (χ1n) is 15.0. The number of hydrogen-bond acceptors (Lipinski definition) is 8. The van der Waals surface area contributed by atoms with Gasteiger partial charge in [0.05, 0.1) is 36.6 Å². The second-order valence-corrected chi connectivity index (χ2v) is 10.8. The van der Waals surface area contributed by atoms with Crippen LogP contribution in [0.4, 0.5) is 34.9 Å². The number of anilines is 6. The van der Waals surface area contributed by atoms with Crippen molar-refractivity contribution in [3.05, 3.63) is 96.3 Å². The topological polar surface area (TPSA) is 196 Å². The molecule has 0 saturated carbocycles. The molecule has 3 aromatic carbocycles. The molecule has 46 heavy (non-hydrogen) atoms.